The lowest BCUT2D eigenvalue weighted by Gasteiger charge is -2.29. The summed E-state index contributed by atoms with van der Waals surface area (Å²) in [5.74, 6) is 1.66. The molecule has 5 heterocycles. The van der Waals surface area contributed by atoms with Crippen molar-refractivity contribution < 1.29 is 4.74 Å². The summed E-state index contributed by atoms with van der Waals surface area (Å²) in [4.78, 5) is 7.12. The topological polar surface area (TPSA) is 78.3 Å². The third kappa shape index (κ3) is 3.75. The number of benzene rings is 1. The lowest BCUT2D eigenvalue weighted by molar-refractivity contribution is 0.122. The first kappa shape index (κ1) is 20.0. The first-order valence-corrected chi connectivity index (χ1v) is 11.1. The summed E-state index contributed by atoms with van der Waals surface area (Å²) in [5, 5.41) is 14.8. The van der Waals surface area contributed by atoms with E-state index in [1.807, 2.05) is 72.5 Å². The van der Waals surface area contributed by atoms with Gasteiger partial charge in [0, 0.05) is 55.2 Å². The van der Waals surface area contributed by atoms with E-state index in [0.717, 1.165) is 47.2 Å². The number of halogens is 1. The molecular formula is C23H21ClN8O. The van der Waals surface area contributed by atoms with Gasteiger partial charge in [-0.25, -0.2) is 9.67 Å². The van der Waals surface area contributed by atoms with Crippen LogP contribution in [0.3, 0.4) is 0 Å². The summed E-state index contributed by atoms with van der Waals surface area (Å²) in [6.07, 6.45) is 3.82. The van der Waals surface area contributed by atoms with Crippen LogP contribution in [0.2, 0.25) is 5.02 Å². The number of fused-ring (bicyclic) bond motifs is 1. The van der Waals surface area contributed by atoms with E-state index in [9.17, 15) is 0 Å². The molecule has 0 unspecified atom stereocenters. The van der Waals surface area contributed by atoms with Gasteiger partial charge in [0.2, 0.25) is 0 Å². The largest absolute Gasteiger partial charge is 0.378 e. The molecule has 1 saturated heterocycles. The molecule has 1 aliphatic rings. The smallest absolute Gasteiger partial charge is 0.160 e. The number of morpholine rings is 1. The molecule has 10 heteroatoms. The Hall–Kier alpha value is -3.69. The van der Waals surface area contributed by atoms with Crippen LogP contribution < -0.4 is 4.90 Å². The van der Waals surface area contributed by atoms with Crippen molar-refractivity contribution in [1.82, 2.24) is 34.2 Å². The van der Waals surface area contributed by atoms with E-state index in [1.54, 1.807) is 9.36 Å². The van der Waals surface area contributed by atoms with Crippen LogP contribution in [-0.2, 0) is 11.8 Å². The van der Waals surface area contributed by atoms with Crippen LogP contribution in [0.25, 0.3) is 34.1 Å². The third-order valence-electron chi connectivity index (χ3n) is 5.65. The van der Waals surface area contributed by atoms with Gasteiger partial charge in [0.05, 0.1) is 18.9 Å². The third-order valence-corrected chi connectivity index (χ3v) is 5.89. The average Bonchev–Trinajstić information content (AvgIpc) is 3.58. The van der Waals surface area contributed by atoms with Crippen molar-refractivity contribution in [2.24, 2.45) is 7.05 Å². The Morgan fingerprint density at radius 1 is 0.879 bits per heavy atom. The zero-order valence-corrected chi connectivity index (χ0v) is 18.7. The molecule has 4 aromatic heterocycles. The fourth-order valence-electron chi connectivity index (χ4n) is 4.01. The van der Waals surface area contributed by atoms with Crippen LogP contribution in [0.15, 0.2) is 60.9 Å². The van der Waals surface area contributed by atoms with Gasteiger partial charge in [-0.3, -0.25) is 4.68 Å². The molecule has 1 aliphatic heterocycles. The van der Waals surface area contributed by atoms with Crippen LogP contribution in [0, 0.1) is 0 Å². The Labute approximate surface area is 194 Å². The van der Waals surface area contributed by atoms with Gasteiger partial charge in [-0.2, -0.15) is 19.8 Å². The number of anilines is 1. The predicted octanol–water partition coefficient (Wildman–Crippen LogP) is 3.47. The molecule has 6 rings (SSSR count). The van der Waals surface area contributed by atoms with Crippen molar-refractivity contribution in [2.45, 2.75) is 0 Å². The molecule has 0 amide bonds. The second-order valence-electron chi connectivity index (χ2n) is 7.90. The van der Waals surface area contributed by atoms with Crippen molar-refractivity contribution in [2.75, 3.05) is 31.2 Å². The van der Waals surface area contributed by atoms with Gasteiger partial charge in [0.1, 0.15) is 17.2 Å². The van der Waals surface area contributed by atoms with Crippen LogP contribution >= 0.6 is 11.6 Å². The van der Waals surface area contributed by atoms with E-state index >= 15 is 0 Å². The Morgan fingerprint density at radius 3 is 2.52 bits per heavy atom. The Bertz CT molecular complexity index is 1450. The van der Waals surface area contributed by atoms with Crippen LogP contribution in [0.1, 0.15) is 0 Å². The highest BCUT2D eigenvalue weighted by Gasteiger charge is 2.20. The maximum absolute atomic E-state index is 6.17. The molecule has 1 aromatic carbocycles. The summed E-state index contributed by atoms with van der Waals surface area (Å²) < 4.78 is 11.0. The fourth-order valence-corrected chi connectivity index (χ4v) is 4.20. The maximum atomic E-state index is 6.17. The highest BCUT2D eigenvalue weighted by atomic mass is 35.5. The molecule has 0 saturated carbocycles. The number of aromatic nitrogens is 7. The zero-order valence-electron chi connectivity index (χ0n) is 18.0. The van der Waals surface area contributed by atoms with Crippen molar-refractivity contribution in [1.29, 1.82) is 0 Å². The maximum Gasteiger partial charge on any atom is 0.160 e. The van der Waals surface area contributed by atoms with E-state index in [0.29, 0.717) is 24.1 Å². The fraction of sp³-hybridized carbons (Fsp3) is 0.217. The molecule has 33 heavy (non-hydrogen) atoms. The molecule has 0 spiro atoms. The first-order chi connectivity index (χ1) is 16.1. The molecule has 0 radical (unpaired) electrons. The van der Waals surface area contributed by atoms with Gasteiger partial charge in [-0.05, 0) is 24.3 Å². The molecule has 0 N–H and O–H groups in total. The second-order valence-corrected chi connectivity index (χ2v) is 8.34. The first-order valence-electron chi connectivity index (χ1n) is 10.7. The molecule has 9 nitrogen and oxygen atoms in total. The average molecular weight is 461 g/mol. The van der Waals surface area contributed by atoms with Crippen LogP contribution in [-0.4, -0.2) is 60.5 Å². The van der Waals surface area contributed by atoms with E-state index < -0.39 is 0 Å². The van der Waals surface area contributed by atoms with Crippen LogP contribution in [0.5, 0.6) is 0 Å². The van der Waals surface area contributed by atoms with E-state index in [1.165, 1.54) is 0 Å². The number of rotatable bonds is 4. The standard InChI is InChI=1S/C23H21ClN8O/c1-29-7-5-19(26-29)20-14-22-25-21(15-23(32(22)28-20)30-9-11-33-12-10-30)31-8-6-18(27-31)16-3-2-4-17(24)13-16/h2-8,13-15H,9-12H2,1H3. The normalized spacial score (nSPS) is 14.3. The number of ether oxygens (including phenoxy) is 1. The summed E-state index contributed by atoms with van der Waals surface area (Å²) in [7, 11) is 1.89. The molecule has 0 atom stereocenters. The lowest BCUT2D eigenvalue weighted by Crippen LogP contribution is -2.37. The van der Waals surface area contributed by atoms with Gasteiger partial charge in [-0.15, -0.1) is 0 Å². The molecule has 1 fully saturated rings. The lowest BCUT2D eigenvalue weighted by atomic mass is 10.2. The molecule has 5 aromatic rings. The minimum Gasteiger partial charge on any atom is -0.378 e. The number of nitrogens with zero attached hydrogens (tertiary/aromatic N) is 8. The van der Waals surface area contributed by atoms with Crippen molar-refractivity contribution in [3.63, 3.8) is 0 Å². The van der Waals surface area contributed by atoms with Crippen molar-refractivity contribution in [3.8, 4) is 28.5 Å². The van der Waals surface area contributed by atoms with E-state index in [2.05, 4.69) is 10.00 Å². The summed E-state index contributed by atoms with van der Waals surface area (Å²) in [5.41, 5.74) is 4.09. The molecule has 166 valence electrons. The number of aryl methyl sites for hydroxylation is 1. The Kier molecular flexibility index (Phi) is 4.85. The monoisotopic (exact) mass is 460 g/mol. The van der Waals surface area contributed by atoms with Crippen molar-refractivity contribution in [3.05, 3.63) is 65.9 Å². The zero-order chi connectivity index (χ0) is 22.4. The minimum atomic E-state index is 0.675. The second kappa shape index (κ2) is 8.02. The minimum absolute atomic E-state index is 0.675. The van der Waals surface area contributed by atoms with Gasteiger partial charge in [0.25, 0.3) is 0 Å². The van der Waals surface area contributed by atoms with Gasteiger partial charge in [0.15, 0.2) is 11.5 Å². The number of hydrogen-bond acceptors (Lipinski definition) is 6. The van der Waals surface area contributed by atoms with Gasteiger partial charge >= 0.3 is 0 Å². The molecule has 0 aliphatic carbocycles. The SMILES string of the molecule is Cn1ccc(-c2cc3nc(-n4ccc(-c5cccc(Cl)c5)n4)cc(N4CCOCC4)n3n2)n1. The van der Waals surface area contributed by atoms with Gasteiger partial charge in [-0.1, -0.05) is 23.7 Å². The highest BCUT2D eigenvalue weighted by Crippen LogP contribution is 2.26. The Balaban J connectivity index is 1.47. The van der Waals surface area contributed by atoms with E-state index in [4.69, 9.17) is 31.5 Å². The predicted molar refractivity (Wildman–Crippen MR) is 126 cm³/mol. The van der Waals surface area contributed by atoms with E-state index in [-0.39, 0.29) is 0 Å². The highest BCUT2D eigenvalue weighted by molar-refractivity contribution is 6.30. The van der Waals surface area contributed by atoms with Crippen LogP contribution in [0.4, 0.5) is 5.82 Å². The molecular weight excluding hydrogens is 440 g/mol. The van der Waals surface area contributed by atoms with Crippen molar-refractivity contribution >= 4 is 23.1 Å². The summed E-state index contributed by atoms with van der Waals surface area (Å²) in [6.45, 7) is 2.91. The quantitative estimate of drug-likeness (QED) is 0.408. The summed E-state index contributed by atoms with van der Waals surface area (Å²) >= 11 is 6.17. The Morgan fingerprint density at radius 2 is 1.73 bits per heavy atom. The van der Waals surface area contributed by atoms with Gasteiger partial charge < -0.3 is 9.64 Å². The molecule has 0 bridgehead atoms. The number of hydrogen-bond donors (Lipinski definition) is 0. The summed E-state index contributed by atoms with van der Waals surface area (Å²) in [6, 6.07) is 15.5.